The van der Waals surface area contributed by atoms with E-state index in [9.17, 15) is 9.59 Å². The number of hydrogen-bond donors (Lipinski definition) is 1. The third kappa shape index (κ3) is 5.86. The summed E-state index contributed by atoms with van der Waals surface area (Å²) in [6.45, 7) is 10.1. The number of carbonyl (C=O) groups excluding carboxylic acids is 2. The summed E-state index contributed by atoms with van der Waals surface area (Å²) in [6, 6.07) is 10.1. The molecule has 6 heteroatoms. The Hall–Kier alpha value is -2.37. The standard InChI is InChI=1S/C25H37N3O3/c1-18(2)10-13-26-24(30)25(11-14-28(15-12-25)23(29)19(3)4)17-21-16-22(27-31-21)20-8-6-5-7-9-20/h5-9,18-19,21H,10-17H2,1-4H3,(H,26,30). The van der Waals surface area contributed by atoms with Crippen molar-refractivity contribution in [2.75, 3.05) is 19.6 Å². The molecule has 6 nitrogen and oxygen atoms in total. The van der Waals surface area contributed by atoms with Crippen LogP contribution in [0.2, 0.25) is 0 Å². The fraction of sp³-hybridized carbons (Fsp3) is 0.640. The second-order valence-electron chi connectivity index (χ2n) is 9.74. The first-order valence-electron chi connectivity index (χ1n) is 11.7. The number of likely N-dealkylation sites (tertiary alicyclic amines) is 1. The van der Waals surface area contributed by atoms with Crippen LogP contribution in [0.15, 0.2) is 35.5 Å². The molecule has 1 N–H and O–H groups in total. The van der Waals surface area contributed by atoms with Crippen LogP contribution in [0.5, 0.6) is 0 Å². The lowest BCUT2D eigenvalue weighted by Crippen LogP contribution is -2.52. The second-order valence-corrected chi connectivity index (χ2v) is 9.74. The molecule has 0 spiro atoms. The Kier molecular flexibility index (Phi) is 7.74. The number of carbonyl (C=O) groups is 2. The molecule has 1 aromatic carbocycles. The number of amides is 2. The van der Waals surface area contributed by atoms with Gasteiger partial charge in [-0.25, -0.2) is 0 Å². The van der Waals surface area contributed by atoms with Crippen LogP contribution in [0.3, 0.4) is 0 Å². The highest BCUT2D eigenvalue weighted by Crippen LogP contribution is 2.39. The third-order valence-corrected chi connectivity index (χ3v) is 6.47. The predicted molar refractivity (Wildman–Crippen MR) is 123 cm³/mol. The van der Waals surface area contributed by atoms with Gasteiger partial charge in [0, 0.05) is 38.4 Å². The monoisotopic (exact) mass is 427 g/mol. The average Bonchev–Trinajstić information content (AvgIpc) is 3.22. The van der Waals surface area contributed by atoms with Crippen LogP contribution in [-0.4, -0.2) is 48.2 Å². The van der Waals surface area contributed by atoms with Crippen LogP contribution >= 0.6 is 0 Å². The highest BCUT2D eigenvalue weighted by Gasteiger charge is 2.45. The highest BCUT2D eigenvalue weighted by atomic mass is 16.6. The normalized spacial score (nSPS) is 20.5. The molecule has 0 aromatic heterocycles. The molecule has 2 amide bonds. The van der Waals surface area contributed by atoms with Crippen molar-refractivity contribution in [3.05, 3.63) is 35.9 Å². The second kappa shape index (κ2) is 10.3. The number of rotatable bonds is 8. The molecular weight excluding hydrogens is 390 g/mol. The van der Waals surface area contributed by atoms with Gasteiger partial charge in [-0.3, -0.25) is 9.59 Å². The van der Waals surface area contributed by atoms with Crippen LogP contribution in [0.25, 0.3) is 0 Å². The van der Waals surface area contributed by atoms with Gasteiger partial charge in [0.15, 0.2) is 0 Å². The zero-order chi connectivity index (χ0) is 22.4. The van der Waals surface area contributed by atoms with Gasteiger partial charge in [-0.1, -0.05) is 63.2 Å². The Morgan fingerprint density at radius 2 is 1.84 bits per heavy atom. The molecule has 2 aliphatic heterocycles. The van der Waals surface area contributed by atoms with Gasteiger partial charge >= 0.3 is 0 Å². The highest BCUT2D eigenvalue weighted by molar-refractivity contribution is 6.01. The van der Waals surface area contributed by atoms with Crippen LogP contribution in [-0.2, 0) is 14.4 Å². The molecule has 170 valence electrons. The maximum absolute atomic E-state index is 13.3. The molecule has 0 radical (unpaired) electrons. The van der Waals surface area contributed by atoms with Crippen LogP contribution in [0.4, 0.5) is 0 Å². The van der Waals surface area contributed by atoms with Gasteiger partial charge in [0.1, 0.15) is 6.10 Å². The molecule has 3 rings (SSSR count). The van der Waals surface area contributed by atoms with Gasteiger partial charge in [-0.15, -0.1) is 0 Å². The first-order chi connectivity index (χ1) is 14.8. The van der Waals surface area contributed by atoms with Crippen molar-refractivity contribution in [1.29, 1.82) is 0 Å². The first kappa shape index (κ1) is 23.3. The molecule has 1 saturated heterocycles. The van der Waals surface area contributed by atoms with Gasteiger partial charge in [0.05, 0.1) is 11.1 Å². The molecule has 2 aliphatic rings. The van der Waals surface area contributed by atoms with E-state index in [1.807, 2.05) is 49.1 Å². The van der Waals surface area contributed by atoms with Crippen LogP contribution in [0, 0.1) is 17.3 Å². The summed E-state index contributed by atoms with van der Waals surface area (Å²) >= 11 is 0. The molecule has 0 bridgehead atoms. The Bertz CT molecular complexity index is 780. The number of oxime groups is 1. The van der Waals surface area contributed by atoms with E-state index in [1.54, 1.807) is 0 Å². The molecule has 2 heterocycles. The van der Waals surface area contributed by atoms with Crippen molar-refractivity contribution in [2.24, 2.45) is 22.4 Å². The molecule has 0 saturated carbocycles. The van der Waals surface area contributed by atoms with Gasteiger partial charge < -0.3 is 15.1 Å². The number of nitrogens with one attached hydrogen (secondary N) is 1. The van der Waals surface area contributed by atoms with Crippen molar-refractivity contribution >= 4 is 17.5 Å². The topological polar surface area (TPSA) is 71.0 Å². The lowest BCUT2D eigenvalue weighted by Gasteiger charge is -2.42. The number of hydrogen-bond acceptors (Lipinski definition) is 4. The zero-order valence-corrected chi connectivity index (χ0v) is 19.4. The molecule has 0 aliphatic carbocycles. The van der Waals surface area contributed by atoms with E-state index >= 15 is 0 Å². The Morgan fingerprint density at radius 1 is 1.16 bits per heavy atom. The van der Waals surface area contributed by atoms with E-state index in [2.05, 4.69) is 24.3 Å². The maximum atomic E-state index is 13.3. The summed E-state index contributed by atoms with van der Waals surface area (Å²) in [5, 5.41) is 7.49. The quantitative estimate of drug-likeness (QED) is 0.682. The minimum atomic E-state index is -0.517. The van der Waals surface area contributed by atoms with E-state index in [0.717, 1.165) is 17.7 Å². The van der Waals surface area contributed by atoms with Gasteiger partial charge in [-0.2, -0.15) is 0 Å². The average molecular weight is 428 g/mol. The summed E-state index contributed by atoms with van der Waals surface area (Å²) in [7, 11) is 0. The maximum Gasteiger partial charge on any atom is 0.226 e. The molecule has 1 fully saturated rings. The van der Waals surface area contributed by atoms with E-state index < -0.39 is 5.41 Å². The minimum Gasteiger partial charge on any atom is -0.392 e. The minimum absolute atomic E-state index is 0.0210. The fourth-order valence-electron chi connectivity index (χ4n) is 4.48. The zero-order valence-electron chi connectivity index (χ0n) is 19.4. The third-order valence-electron chi connectivity index (χ3n) is 6.47. The summed E-state index contributed by atoms with van der Waals surface area (Å²) < 4.78 is 0. The van der Waals surface area contributed by atoms with Crippen molar-refractivity contribution in [3.63, 3.8) is 0 Å². The van der Waals surface area contributed by atoms with Crippen molar-refractivity contribution in [3.8, 4) is 0 Å². The molecule has 1 aromatic rings. The van der Waals surface area contributed by atoms with Crippen molar-refractivity contribution in [1.82, 2.24) is 10.2 Å². The van der Waals surface area contributed by atoms with Gasteiger partial charge in [-0.05, 0) is 30.7 Å². The molecule has 31 heavy (non-hydrogen) atoms. The Balaban J connectivity index is 1.67. The number of nitrogens with zero attached hydrogens (tertiary/aromatic N) is 2. The van der Waals surface area contributed by atoms with E-state index in [1.165, 1.54) is 0 Å². The first-order valence-corrected chi connectivity index (χ1v) is 11.7. The molecule has 1 atom stereocenters. The largest absolute Gasteiger partial charge is 0.392 e. The Labute approximate surface area is 186 Å². The SMILES string of the molecule is CC(C)CCNC(=O)C1(CC2CC(c3ccccc3)=NO2)CCN(C(=O)C(C)C)CC1. The smallest absolute Gasteiger partial charge is 0.226 e. The van der Waals surface area contributed by atoms with Crippen LogP contribution < -0.4 is 5.32 Å². The molecular formula is C25H37N3O3. The van der Waals surface area contributed by atoms with Crippen molar-refractivity contribution in [2.45, 2.75) is 65.9 Å². The predicted octanol–water partition coefficient (Wildman–Crippen LogP) is 4.00. The van der Waals surface area contributed by atoms with Gasteiger partial charge in [0.2, 0.25) is 11.8 Å². The Morgan fingerprint density at radius 3 is 2.45 bits per heavy atom. The summed E-state index contributed by atoms with van der Waals surface area (Å²) in [5.41, 5.74) is 1.49. The van der Waals surface area contributed by atoms with E-state index in [0.29, 0.717) is 51.2 Å². The summed E-state index contributed by atoms with van der Waals surface area (Å²) in [5.74, 6) is 0.788. The number of benzene rings is 1. The summed E-state index contributed by atoms with van der Waals surface area (Å²) in [6.07, 6.45) is 3.52. The molecule has 1 unspecified atom stereocenters. The van der Waals surface area contributed by atoms with Crippen LogP contribution in [0.1, 0.15) is 65.4 Å². The van der Waals surface area contributed by atoms with E-state index in [4.69, 9.17) is 4.84 Å². The lowest BCUT2D eigenvalue weighted by atomic mass is 9.72. The van der Waals surface area contributed by atoms with E-state index in [-0.39, 0.29) is 23.8 Å². The fourth-order valence-corrected chi connectivity index (χ4v) is 4.48. The lowest BCUT2D eigenvalue weighted by molar-refractivity contribution is -0.144. The van der Waals surface area contributed by atoms with Gasteiger partial charge in [0.25, 0.3) is 0 Å². The van der Waals surface area contributed by atoms with Crippen molar-refractivity contribution < 1.29 is 14.4 Å². The number of piperidine rings is 1. The summed E-state index contributed by atoms with van der Waals surface area (Å²) in [4.78, 5) is 33.5.